The first-order chi connectivity index (χ1) is 12.5. The van der Waals surface area contributed by atoms with E-state index in [2.05, 4.69) is 5.32 Å². The van der Waals surface area contributed by atoms with E-state index in [4.69, 9.17) is 16.4 Å². The Morgan fingerprint density at radius 2 is 1.54 bits per heavy atom. The SMILES string of the molecule is O=C(CCNC(=O)c1ccccc1Cl)ON1C(=O)c2ccccc2C1=O. The van der Waals surface area contributed by atoms with E-state index in [-0.39, 0.29) is 29.7 Å². The van der Waals surface area contributed by atoms with Crippen LogP contribution in [0.2, 0.25) is 5.02 Å². The van der Waals surface area contributed by atoms with Crippen molar-refractivity contribution in [2.45, 2.75) is 6.42 Å². The van der Waals surface area contributed by atoms with Crippen molar-refractivity contribution in [3.63, 3.8) is 0 Å². The van der Waals surface area contributed by atoms with E-state index < -0.39 is 23.7 Å². The molecule has 1 heterocycles. The van der Waals surface area contributed by atoms with Crippen LogP contribution in [0.5, 0.6) is 0 Å². The number of carbonyl (C=O) groups excluding carboxylic acids is 4. The van der Waals surface area contributed by atoms with Gasteiger partial charge in [0.05, 0.1) is 28.1 Å². The lowest BCUT2D eigenvalue weighted by Crippen LogP contribution is -2.34. The molecule has 1 aliphatic rings. The van der Waals surface area contributed by atoms with Gasteiger partial charge >= 0.3 is 5.97 Å². The summed E-state index contributed by atoms with van der Waals surface area (Å²) in [4.78, 5) is 52.9. The third-order valence-corrected chi connectivity index (χ3v) is 4.01. The van der Waals surface area contributed by atoms with Gasteiger partial charge in [0.15, 0.2) is 0 Å². The minimum Gasteiger partial charge on any atom is -0.351 e. The monoisotopic (exact) mass is 372 g/mol. The van der Waals surface area contributed by atoms with Crippen LogP contribution in [0.25, 0.3) is 0 Å². The van der Waals surface area contributed by atoms with Gasteiger partial charge in [-0.05, 0) is 24.3 Å². The smallest absolute Gasteiger partial charge is 0.335 e. The molecule has 0 saturated heterocycles. The van der Waals surface area contributed by atoms with Crippen molar-refractivity contribution in [1.82, 2.24) is 10.4 Å². The quantitative estimate of drug-likeness (QED) is 0.812. The van der Waals surface area contributed by atoms with Gasteiger partial charge in [0.1, 0.15) is 0 Å². The zero-order valence-electron chi connectivity index (χ0n) is 13.4. The average molecular weight is 373 g/mol. The lowest BCUT2D eigenvalue weighted by atomic mass is 10.1. The first-order valence-electron chi connectivity index (χ1n) is 7.70. The molecule has 3 amide bonds. The maximum Gasteiger partial charge on any atom is 0.335 e. The number of amides is 3. The highest BCUT2D eigenvalue weighted by atomic mass is 35.5. The molecule has 8 heteroatoms. The number of benzene rings is 2. The van der Waals surface area contributed by atoms with E-state index >= 15 is 0 Å². The van der Waals surface area contributed by atoms with Crippen molar-refractivity contribution in [1.29, 1.82) is 0 Å². The highest BCUT2D eigenvalue weighted by Crippen LogP contribution is 2.22. The first kappa shape index (κ1) is 17.6. The molecule has 1 aliphatic heterocycles. The Kier molecular flexibility index (Phi) is 4.99. The van der Waals surface area contributed by atoms with Crippen molar-refractivity contribution in [2.75, 3.05) is 6.54 Å². The molecule has 7 nitrogen and oxygen atoms in total. The van der Waals surface area contributed by atoms with Crippen LogP contribution >= 0.6 is 11.6 Å². The summed E-state index contributed by atoms with van der Waals surface area (Å²) in [5, 5.41) is 3.25. The summed E-state index contributed by atoms with van der Waals surface area (Å²) in [5.74, 6) is -2.65. The Morgan fingerprint density at radius 3 is 2.15 bits per heavy atom. The molecule has 0 unspecified atom stereocenters. The molecule has 0 saturated carbocycles. The Hall–Kier alpha value is -3.19. The Morgan fingerprint density at radius 1 is 0.962 bits per heavy atom. The highest BCUT2D eigenvalue weighted by molar-refractivity contribution is 6.33. The van der Waals surface area contributed by atoms with E-state index in [9.17, 15) is 19.2 Å². The van der Waals surface area contributed by atoms with Gasteiger partial charge in [-0.15, -0.1) is 0 Å². The lowest BCUT2D eigenvalue weighted by molar-refractivity contribution is -0.168. The van der Waals surface area contributed by atoms with Crippen molar-refractivity contribution >= 4 is 35.3 Å². The van der Waals surface area contributed by atoms with Gasteiger partial charge in [-0.1, -0.05) is 40.9 Å². The van der Waals surface area contributed by atoms with Crippen LogP contribution in [0.1, 0.15) is 37.5 Å². The number of fused-ring (bicyclic) bond motifs is 1. The number of halogens is 1. The van der Waals surface area contributed by atoms with Crippen LogP contribution in [0, 0.1) is 0 Å². The predicted molar refractivity (Wildman–Crippen MR) is 91.4 cm³/mol. The largest absolute Gasteiger partial charge is 0.351 e. The Bertz CT molecular complexity index is 877. The summed E-state index contributed by atoms with van der Waals surface area (Å²) < 4.78 is 0. The minimum absolute atomic E-state index is 0.0357. The van der Waals surface area contributed by atoms with E-state index in [0.29, 0.717) is 10.1 Å². The fraction of sp³-hybridized carbons (Fsp3) is 0.111. The van der Waals surface area contributed by atoms with Crippen molar-refractivity contribution in [2.24, 2.45) is 0 Å². The predicted octanol–water partition coefficient (Wildman–Crippen LogP) is 2.21. The molecule has 0 fully saturated rings. The second kappa shape index (κ2) is 7.37. The molecule has 26 heavy (non-hydrogen) atoms. The molecule has 0 radical (unpaired) electrons. The molecule has 2 aromatic carbocycles. The van der Waals surface area contributed by atoms with Crippen LogP contribution < -0.4 is 5.32 Å². The number of imide groups is 1. The van der Waals surface area contributed by atoms with Crippen molar-refractivity contribution in [3.8, 4) is 0 Å². The number of hydrogen-bond acceptors (Lipinski definition) is 5. The number of carbonyl (C=O) groups is 4. The first-order valence-corrected chi connectivity index (χ1v) is 8.08. The summed E-state index contributed by atoms with van der Waals surface area (Å²) in [6.07, 6.45) is -0.219. The molecule has 0 aliphatic carbocycles. The van der Waals surface area contributed by atoms with Crippen LogP contribution in [0.4, 0.5) is 0 Å². The standard InChI is InChI=1S/C18H13ClN2O5/c19-14-8-4-3-7-13(14)16(23)20-10-9-15(22)26-21-17(24)11-5-1-2-6-12(11)18(21)25/h1-8H,9-10H2,(H,20,23). The van der Waals surface area contributed by atoms with Gasteiger partial charge in [-0.25, -0.2) is 4.79 Å². The van der Waals surface area contributed by atoms with Crippen LogP contribution in [-0.2, 0) is 9.63 Å². The molecule has 0 atom stereocenters. The van der Waals surface area contributed by atoms with Crippen molar-refractivity contribution < 1.29 is 24.0 Å². The highest BCUT2D eigenvalue weighted by Gasteiger charge is 2.38. The minimum atomic E-state index is -0.820. The van der Waals surface area contributed by atoms with E-state index in [1.165, 1.54) is 12.1 Å². The summed E-state index contributed by atoms with van der Waals surface area (Å²) >= 11 is 5.92. The molecule has 2 aromatic rings. The summed E-state index contributed by atoms with van der Waals surface area (Å²) in [7, 11) is 0. The lowest BCUT2D eigenvalue weighted by Gasteiger charge is -2.13. The van der Waals surface area contributed by atoms with E-state index in [1.807, 2.05) is 0 Å². The fourth-order valence-corrected chi connectivity index (χ4v) is 2.64. The molecule has 3 rings (SSSR count). The fourth-order valence-electron chi connectivity index (χ4n) is 2.42. The van der Waals surface area contributed by atoms with Gasteiger partial charge in [0.25, 0.3) is 17.7 Å². The zero-order chi connectivity index (χ0) is 18.7. The van der Waals surface area contributed by atoms with Crippen molar-refractivity contribution in [3.05, 3.63) is 70.2 Å². The molecule has 0 bridgehead atoms. The zero-order valence-corrected chi connectivity index (χ0v) is 14.2. The maximum atomic E-state index is 12.1. The van der Waals surface area contributed by atoms with Gasteiger partial charge in [-0.2, -0.15) is 0 Å². The topological polar surface area (TPSA) is 92.8 Å². The van der Waals surface area contributed by atoms with Gasteiger partial charge in [0, 0.05) is 6.54 Å². The second-order valence-corrected chi connectivity index (χ2v) is 5.81. The summed E-state index contributed by atoms with van der Waals surface area (Å²) in [5.41, 5.74) is 0.637. The molecule has 0 spiro atoms. The number of hydrogen-bond donors (Lipinski definition) is 1. The molecule has 1 N–H and O–H groups in total. The molecule has 0 aromatic heterocycles. The third kappa shape index (κ3) is 3.43. The maximum absolute atomic E-state index is 12.1. The summed E-state index contributed by atoms with van der Waals surface area (Å²) in [6.45, 7) is -0.0357. The Balaban J connectivity index is 1.53. The second-order valence-electron chi connectivity index (χ2n) is 5.40. The van der Waals surface area contributed by atoms with E-state index in [1.54, 1.807) is 36.4 Å². The summed E-state index contributed by atoms with van der Waals surface area (Å²) in [6, 6.07) is 12.7. The Labute approximate surface area is 153 Å². The number of nitrogens with one attached hydrogen (secondary N) is 1. The van der Waals surface area contributed by atoms with Crippen LogP contribution in [0.15, 0.2) is 48.5 Å². The molecular weight excluding hydrogens is 360 g/mol. The normalized spacial score (nSPS) is 12.7. The van der Waals surface area contributed by atoms with Crippen LogP contribution in [0.3, 0.4) is 0 Å². The van der Waals surface area contributed by atoms with Gasteiger partial charge < -0.3 is 10.2 Å². The van der Waals surface area contributed by atoms with Gasteiger partial charge in [0.2, 0.25) is 0 Å². The number of rotatable bonds is 5. The number of nitrogens with zero attached hydrogens (tertiary/aromatic N) is 1. The molecule has 132 valence electrons. The van der Waals surface area contributed by atoms with E-state index in [0.717, 1.165) is 0 Å². The average Bonchev–Trinajstić information content (AvgIpc) is 2.87. The third-order valence-electron chi connectivity index (χ3n) is 3.68. The van der Waals surface area contributed by atoms with Crippen LogP contribution in [-0.4, -0.2) is 35.3 Å². The van der Waals surface area contributed by atoms with Gasteiger partial charge in [-0.3, -0.25) is 14.4 Å². The molecular formula is C18H13ClN2O5. The number of hydroxylamine groups is 2.